The normalized spacial score (nSPS) is 23.0. The highest BCUT2D eigenvalue weighted by Gasteiger charge is 2.50. The van der Waals surface area contributed by atoms with Crippen LogP contribution in [0.4, 0.5) is 8.78 Å². The Labute approximate surface area is 221 Å². The molecular formula is C29H33F2N3O4. The molecule has 2 aromatic rings. The van der Waals surface area contributed by atoms with Gasteiger partial charge in [0.05, 0.1) is 13.2 Å². The van der Waals surface area contributed by atoms with Crippen molar-refractivity contribution in [2.75, 3.05) is 26.3 Å². The predicted octanol–water partition coefficient (Wildman–Crippen LogP) is 3.02. The summed E-state index contributed by atoms with van der Waals surface area (Å²) in [6.45, 7) is 5.04. The molecule has 3 aliphatic rings. The number of hydrogen-bond donors (Lipinski definition) is 1. The average Bonchev–Trinajstić information content (AvgIpc) is 3.33. The number of nitrogens with zero attached hydrogens (tertiary/aromatic N) is 2. The molecule has 2 saturated heterocycles. The Bertz CT molecular complexity index is 1210. The van der Waals surface area contributed by atoms with Crippen molar-refractivity contribution in [3.8, 4) is 0 Å². The molecule has 7 nitrogen and oxygen atoms in total. The van der Waals surface area contributed by atoms with Crippen LogP contribution in [0.15, 0.2) is 42.5 Å². The van der Waals surface area contributed by atoms with Gasteiger partial charge in [0, 0.05) is 24.7 Å². The zero-order valence-electron chi connectivity index (χ0n) is 21.7. The number of morpholine rings is 1. The van der Waals surface area contributed by atoms with E-state index in [1.54, 1.807) is 0 Å². The number of rotatable bonds is 6. The first-order chi connectivity index (χ1) is 18.2. The van der Waals surface area contributed by atoms with Gasteiger partial charge in [0.1, 0.15) is 29.8 Å². The second kappa shape index (κ2) is 10.8. The van der Waals surface area contributed by atoms with Crippen molar-refractivity contribution >= 4 is 17.7 Å². The van der Waals surface area contributed by atoms with E-state index >= 15 is 4.39 Å². The fraction of sp³-hybridized carbons (Fsp3) is 0.483. The van der Waals surface area contributed by atoms with Crippen molar-refractivity contribution in [3.63, 3.8) is 0 Å². The number of carbonyl (C=O) groups excluding carboxylic acids is 3. The molecular weight excluding hydrogens is 492 g/mol. The maximum atomic E-state index is 15.3. The van der Waals surface area contributed by atoms with Crippen molar-refractivity contribution < 1.29 is 27.9 Å². The predicted molar refractivity (Wildman–Crippen MR) is 136 cm³/mol. The summed E-state index contributed by atoms with van der Waals surface area (Å²) in [5.74, 6) is -3.15. The van der Waals surface area contributed by atoms with Crippen molar-refractivity contribution in [1.82, 2.24) is 15.1 Å². The van der Waals surface area contributed by atoms with Gasteiger partial charge in [-0.2, -0.15) is 0 Å². The molecule has 2 heterocycles. The van der Waals surface area contributed by atoms with Gasteiger partial charge in [0.25, 0.3) is 0 Å². The molecule has 1 N–H and O–H groups in total. The van der Waals surface area contributed by atoms with Crippen LogP contribution in [0.3, 0.4) is 0 Å². The lowest BCUT2D eigenvalue weighted by Crippen LogP contribution is -2.67. The van der Waals surface area contributed by atoms with E-state index in [-0.39, 0.29) is 36.4 Å². The zero-order valence-corrected chi connectivity index (χ0v) is 21.7. The van der Waals surface area contributed by atoms with E-state index in [0.29, 0.717) is 38.5 Å². The first-order valence-corrected chi connectivity index (χ1v) is 13.3. The van der Waals surface area contributed by atoms with Crippen LogP contribution >= 0.6 is 0 Å². The standard InChI is InChI=1S/C29H33F2N3O4/c1-17(2)13-24-27(35)32-25(20-14-18-5-3-4-6-19(18)15-20)28(36)34(24)26(22-8-7-21(30)16-23(22)31)29(37)33-9-11-38-12-10-33/h3-8,16-17,20,24-26H,9-15H2,1-2H3,(H,32,35)/t24-,25-,26-/m1/s1. The van der Waals surface area contributed by atoms with Gasteiger partial charge in [-0.05, 0) is 48.3 Å². The molecule has 0 unspecified atom stereocenters. The summed E-state index contributed by atoms with van der Waals surface area (Å²) in [7, 11) is 0. The fourth-order valence-corrected chi connectivity index (χ4v) is 5.96. The Morgan fingerprint density at radius 2 is 1.71 bits per heavy atom. The number of amides is 3. The Hall–Kier alpha value is -3.33. The van der Waals surface area contributed by atoms with Crippen molar-refractivity contribution in [3.05, 3.63) is 70.8 Å². The number of benzene rings is 2. The van der Waals surface area contributed by atoms with Crippen LogP contribution in [-0.4, -0.2) is 65.9 Å². The van der Waals surface area contributed by atoms with E-state index in [2.05, 4.69) is 5.32 Å². The van der Waals surface area contributed by atoms with Crippen molar-refractivity contribution in [2.45, 2.75) is 51.2 Å². The third-order valence-corrected chi connectivity index (χ3v) is 7.80. The monoisotopic (exact) mass is 525 g/mol. The molecule has 0 aromatic heterocycles. The third kappa shape index (κ3) is 5.04. The number of hydrogen-bond acceptors (Lipinski definition) is 4. The Kier molecular flexibility index (Phi) is 7.47. The minimum atomic E-state index is -1.40. The summed E-state index contributed by atoms with van der Waals surface area (Å²) >= 11 is 0. The van der Waals surface area contributed by atoms with Gasteiger partial charge in [-0.3, -0.25) is 14.4 Å². The lowest BCUT2D eigenvalue weighted by Gasteiger charge is -2.46. The van der Waals surface area contributed by atoms with Crippen LogP contribution in [0.25, 0.3) is 0 Å². The topological polar surface area (TPSA) is 79.0 Å². The maximum Gasteiger partial charge on any atom is 0.250 e. The molecule has 2 fully saturated rings. The number of fused-ring (bicyclic) bond motifs is 1. The summed E-state index contributed by atoms with van der Waals surface area (Å²) in [5.41, 5.74) is 2.13. The average molecular weight is 526 g/mol. The summed E-state index contributed by atoms with van der Waals surface area (Å²) in [6.07, 6.45) is 1.52. The molecule has 2 aromatic carbocycles. The second-order valence-corrected chi connectivity index (χ2v) is 10.8. The Morgan fingerprint density at radius 3 is 2.32 bits per heavy atom. The van der Waals surface area contributed by atoms with E-state index < -0.39 is 41.6 Å². The van der Waals surface area contributed by atoms with E-state index in [4.69, 9.17) is 4.74 Å². The van der Waals surface area contributed by atoms with E-state index in [1.807, 2.05) is 38.1 Å². The molecule has 3 amide bonds. The highest BCUT2D eigenvalue weighted by Crippen LogP contribution is 2.36. The summed E-state index contributed by atoms with van der Waals surface area (Å²) in [6, 6.07) is 7.70. The van der Waals surface area contributed by atoms with Crippen LogP contribution < -0.4 is 5.32 Å². The highest BCUT2D eigenvalue weighted by molar-refractivity contribution is 6.00. The molecule has 3 atom stereocenters. The number of ether oxygens (including phenoxy) is 1. The number of nitrogens with one attached hydrogen (secondary N) is 1. The Morgan fingerprint density at radius 1 is 1.05 bits per heavy atom. The lowest BCUT2D eigenvalue weighted by molar-refractivity contribution is -0.161. The van der Waals surface area contributed by atoms with Crippen LogP contribution in [0.2, 0.25) is 0 Å². The van der Waals surface area contributed by atoms with Gasteiger partial charge >= 0.3 is 0 Å². The third-order valence-electron chi connectivity index (χ3n) is 7.80. The molecule has 2 aliphatic heterocycles. The van der Waals surface area contributed by atoms with Gasteiger partial charge in [0.15, 0.2) is 0 Å². The lowest BCUT2D eigenvalue weighted by atomic mass is 9.87. The molecule has 202 valence electrons. The summed E-state index contributed by atoms with van der Waals surface area (Å²) < 4.78 is 34.6. The van der Waals surface area contributed by atoms with Crippen LogP contribution in [0, 0.1) is 23.5 Å². The second-order valence-electron chi connectivity index (χ2n) is 10.8. The summed E-state index contributed by atoms with van der Waals surface area (Å²) in [5, 5.41) is 2.95. The fourth-order valence-electron chi connectivity index (χ4n) is 5.96. The maximum absolute atomic E-state index is 15.3. The van der Waals surface area contributed by atoms with Crippen LogP contribution in [0.5, 0.6) is 0 Å². The van der Waals surface area contributed by atoms with Gasteiger partial charge in [0.2, 0.25) is 17.7 Å². The number of halogens is 2. The van der Waals surface area contributed by atoms with Gasteiger partial charge < -0.3 is 19.9 Å². The molecule has 0 bridgehead atoms. The van der Waals surface area contributed by atoms with Gasteiger partial charge in [-0.15, -0.1) is 0 Å². The van der Waals surface area contributed by atoms with Crippen molar-refractivity contribution in [1.29, 1.82) is 0 Å². The molecule has 5 rings (SSSR count). The smallest absolute Gasteiger partial charge is 0.250 e. The molecule has 0 spiro atoms. The van der Waals surface area contributed by atoms with Gasteiger partial charge in [-0.25, -0.2) is 8.78 Å². The largest absolute Gasteiger partial charge is 0.378 e. The first kappa shape index (κ1) is 26.3. The molecule has 1 aliphatic carbocycles. The molecule has 9 heteroatoms. The van der Waals surface area contributed by atoms with E-state index in [1.165, 1.54) is 15.9 Å². The highest BCUT2D eigenvalue weighted by atomic mass is 19.1. The minimum absolute atomic E-state index is 0.0190. The van der Waals surface area contributed by atoms with Crippen LogP contribution in [-0.2, 0) is 32.0 Å². The minimum Gasteiger partial charge on any atom is -0.378 e. The quantitative estimate of drug-likeness (QED) is 0.629. The SMILES string of the molecule is CC(C)C[C@@H]1C(=O)N[C@H](C2Cc3ccccc3C2)C(=O)N1[C@@H](C(=O)N1CCOCC1)c1ccc(F)cc1F. The molecule has 38 heavy (non-hydrogen) atoms. The van der Waals surface area contributed by atoms with Crippen molar-refractivity contribution in [2.24, 2.45) is 11.8 Å². The Balaban J connectivity index is 1.57. The number of piperazine rings is 1. The first-order valence-electron chi connectivity index (χ1n) is 13.3. The number of carbonyl (C=O) groups is 3. The van der Waals surface area contributed by atoms with E-state index in [0.717, 1.165) is 17.2 Å². The van der Waals surface area contributed by atoms with E-state index in [9.17, 15) is 18.8 Å². The molecule has 0 saturated carbocycles. The van der Waals surface area contributed by atoms with Gasteiger partial charge in [-0.1, -0.05) is 44.2 Å². The summed E-state index contributed by atoms with van der Waals surface area (Å²) in [4.78, 5) is 44.7. The molecule has 0 radical (unpaired) electrons. The van der Waals surface area contributed by atoms with Crippen LogP contribution in [0.1, 0.15) is 43.0 Å². The zero-order chi connectivity index (χ0) is 27.0.